The number of pyridine rings is 1. The molecule has 0 radical (unpaired) electrons. The normalized spacial score (nSPS) is 22.2. The number of amides is 1. The van der Waals surface area contributed by atoms with Crippen molar-refractivity contribution in [3.05, 3.63) is 18.3 Å². The number of hydrogen-bond acceptors (Lipinski definition) is 5. The van der Waals surface area contributed by atoms with Crippen LogP contribution in [0.15, 0.2) is 18.3 Å². The summed E-state index contributed by atoms with van der Waals surface area (Å²) >= 11 is 0. The number of nitrogens with zero attached hydrogens (tertiary/aromatic N) is 1. The largest absolute Gasteiger partial charge is 0.476 e. The van der Waals surface area contributed by atoms with Gasteiger partial charge in [0.2, 0.25) is 11.8 Å². The number of aromatic nitrogens is 1. The zero-order valence-corrected chi connectivity index (χ0v) is 11.2. The molecule has 2 N–H and O–H groups in total. The number of rotatable bonds is 5. The summed E-state index contributed by atoms with van der Waals surface area (Å²) in [5.41, 5.74) is 0.594. The van der Waals surface area contributed by atoms with Gasteiger partial charge in [0.15, 0.2) is 0 Å². The molecule has 2 rings (SSSR count). The van der Waals surface area contributed by atoms with Crippen LogP contribution in [0.4, 0.5) is 5.69 Å². The van der Waals surface area contributed by atoms with E-state index in [0.717, 1.165) is 0 Å². The van der Waals surface area contributed by atoms with Crippen molar-refractivity contribution in [2.75, 3.05) is 32.2 Å². The third-order valence-electron chi connectivity index (χ3n) is 3.10. The van der Waals surface area contributed by atoms with Crippen LogP contribution in [-0.4, -0.2) is 43.8 Å². The van der Waals surface area contributed by atoms with E-state index in [1.807, 2.05) is 14.0 Å². The highest BCUT2D eigenvalue weighted by Crippen LogP contribution is 2.23. The Morgan fingerprint density at radius 3 is 3.16 bits per heavy atom. The van der Waals surface area contributed by atoms with E-state index < -0.39 is 0 Å². The minimum Gasteiger partial charge on any atom is -0.476 e. The molecule has 0 saturated carbocycles. The average molecular weight is 265 g/mol. The zero-order valence-electron chi connectivity index (χ0n) is 11.2. The number of ether oxygens (including phenoxy) is 2. The molecule has 6 nitrogen and oxygen atoms in total. The Morgan fingerprint density at radius 2 is 2.42 bits per heavy atom. The van der Waals surface area contributed by atoms with Crippen molar-refractivity contribution in [1.29, 1.82) is 0 Å². The summed E-state index contributed by atoms with van der Waals surface area (Å²) in [5.74, 6) is 0.170. The Bertz CT molecular complexity index is 439. The molecule has 1 amide bonds. The van der Waals surface area contributed by atoms with E-state index in [4.69, 9.17) is 9.47 Å². The van der Waals surface area contributed by atoms with Gasteiger partial charge in [0.25, 0.3) is 0 Å². The molecule has 2 heterocycles. The van der Waals surface area contributed by atoms with Crippen LogP contribution < -0.4 is 15.4 Å². The topological polar surface area (TPSA) is 72.5 Å². The smallest absolute Gasteiger partial charge is 0.237 e. The number of hydrogen-bond donors (Lipinski definition) is 2. The molecule has 1 fully saturated rings. The lowest BCUT2D eigenvalue weighted by atomic mass is 10.0. The molecular weight excluding hydrogens is 246 g/mol. The average Bonchev–Trinajstić information content (AvgIpc) is 2.89. The van der Waals surface area contributed by atoms with Gasteiger partial charge in [-0.1, -0.05) is 0 Å². The fourth-order valence-corrected chi connectivity index (χ4v) is 2.06. The number of carbonyl (C=O) groups excluding carboxylic acids is 1. The molecule has 2 atom stereocenters. The van der Waals surface area contributed by atoms with Crippen LogP contribution in [-0.2, 0) is 9.53 Å². The minimum atomic E-state index is -0.195. The van der Waals surface area contributed by atoms with Crippen LogP contribution in [0.5, 0.6) is 5.88 Å². The van der Waals surface area contributed by atoms with Crippen LogP contribution in [0.1, 0.15) is 6.92 Å². The van der Waals surface area contributed by atoms with Gasteiger partial charge in [-0.25, -0.2) is 4.98 Å². The van der Waals surface area contributed by atoms with E-state index in [0.29, 0.717) is 31.4 Å². The number of likely N-dealkylation sites (N-methyl/N-ethyl adjacent to an activating group) is 1. The third-order valence-corrected chi connectivity index (χ3v) is 3.10. The van der Waals surface area contributed by atoms with Gasteiger partial charge < -0.3 is 20.1 Å². The first-order valence-corrected chi connectivity index (χ1v) is 6.40. The molecule has 0 bridgehead atoms. The summed E-state index contributed by atoms with van der Waals surface area (Å²) in [4.78, 5) is 16.3. The maximum Gasteiger partial charge on any atom is 0.237 e. The van der Waals surface area contributed by atoms with E-state index >= 15 is 0 Å². The fraction of sp³-hybridized carbons (Fsp3) is 0.538. The molecule has 19 heavy (non-hydrogen) atoms. The van der Waals surface area contributed by atoms with Crippen molar-refractivity contribution in [3.8, 4) is 5.88 Å². The molecule has 1 aliphatic rings. The van der Waals surface area contributed by atoms with E-state index in [2.05, 4.69) is 15.6 Å². The highest BCUT2D eigenvalue weighted by Gasteiger charge is 2.33. The monoisotopic (exact) mass is 265 g/mol. The standard InChI is InChI=1S/C13H19N3O3/c1-3-19-13-10(5-4-6-15-13)16-12(17)9-7-18-8-11(9)14-2/h4-6,9,11,14H,3,7-8H2,1-2H3,(H,16,17). The Kier molecular flexibility index (Phi) is 4.70. The number of anilines is 1. The number of carbonyl (C=O) groups is 1. The van der Waals surface area contributed by atoms with E-state index in [-0.39, 0.29) is 17.9 Å². The lowest BCUT2D eigenvalue weighted by Crippen LogP contribution is -2.39. The van der Waals surface area contributed by atoms with Gasteiger partial charge in [0, 0.05) is 12.2 Å². The van der Waals surface area contributed by atoms with E-state index in [9.17, 15) is 4.79 Å². The maximum absolute atomic E-state index is 12.2. The second kappa shape index (κ2) is 6.49. The van der Waals surface area contributed by atoms with Gasteiger partial charge in [-0.05, 0) is 26.1 Å². The lowest BCUT2D eigenvalue weighted by molar-refractivity contribution is -0.120. The quantitative estimate of drug-likeness (QED) is 0.818. The van der Waals surface area contributed by atoms with E-state index in [1.165, 1.54) is 0 Å². The van der Waals surface area contributed by atoms with Gasteiger partial charge >= 0.3 is 0 Å². The second-order valence-corrected chi connectivity index (χ2v) is 4.32. The van der Waals surface area contributed by atoms with Crippen molar-refractivity contribution in [2.24, 2.45) is 5.92 Å². The van der Waals surface area contributed by atoms with Crippen molar-refractivity contribution in [3.63, 3.8) is 0 Å². The molecule has 1 saturated heterocycles. The summed E-state index contributed by atoms with van der Waals surface area (Å²) in [5, 5.41) is 5.94. The van der Waals surface area contributed by atoms with Crippen LogP contribution in [0.2, 0.25) is 0 Å². The van der Waals surface area contributed by atoms with Crippen molar-refractivity contribution >= 4 is 11.6 Å². The van der Waals surface area contributed by atoms with Gasteiger partial charge in [0.1, 0.15) is 5.69 Å². The summed E-state index contributed by atoms with van der Waals surface area (Å²) in [6.45, 7) is 3.37. The summed E-state index contributed by atoms with van der Waals surface area (Å²) < 4.78 is 10.7. The molecule has 0 aliphatic carbocycles. The molecule has 104 valence electrons. The Hall–Kier alpha value is -1.66. The molecule has 0 spiro atoms. The predicted molar refractivity (Wildman–Crippen MR) is 71.2 cm³/mol. The second-order valence-electron chi connectivity index (χ2n) is 4.32. The SMILES string of the molecule is CCOc1ncccc1NC(=O)C1COCC1NC. The van der Waals surface area contributed by atoms with Gasteiger partial charge in [-0.2, -0.15) is 0 Å². The molecule has 1 aromatic heterocycles. The highest BCUT2D eigenvalue weighted by atomic mass is 16.5. The third kappa shape index (κ3) is 3.21. The summed E-state index contributed by atoms with van der Waals surface area (Å²) in [7, 11) is 1.83. The first-order chi connectivity index (χ1) is 9.26. The van der Waals surface area contributed by atoms with Crippen LogP contribution in [0, 0.1) is 5.92 Å². The van der Waals surface area contributed by atoms with Crippen LogP contribution >= 0.6 is 0 Å². The Balaban J connectivity index is 2.06. The molecule has 0 aromatic carbocycles. The number of nitrogens with one attached hydrogen (secondary N) is 2. The Morgan fingerprint density at radius 1 is 1.58 bits per heavy atom. The highest BCUT2D eigenvalue weighted by molar-refractivity contribution is 5.94. The van der Waals surface area contributed by atoms with Gasteiger partial charge in [-0.15, -0.1) is 0 Å². The first kappa shape index (κ1) is 13.8. The first-order valence-electron chi connectivity index (χ1n) is 6.40. The van der Waals surface area contributed by atoms with Crippen LogP contribution in [0.3, 0.4) is 0 Å². The molecule has 6 heteroatoms. The molecule has 1 aromatic rings. The summed E-state index contributed by atoms with van der Waals surface area (Å²) in [6.07, 6.45) is 1.63. The summed E-state index contributed by atoms with van der Waals surface area (Å²) in [6, 6.07) is 3.59. The minimum absolute atomic E-state index is 0.0483. The molecule has 1 aliphatic heterocycles. The zero-order chi connectivity index (χ0) is 13.7. The van der Waals surface area contributed by atoms with Gasteiger partial charge in [-0.3, -0.25) is 4.79 Å². The molecule has 2 unspecified atom stereocenters. The van der Waals surface area contributed by atoms with Crippen molar-refractivity contribution in [2.45, 2.75) is 13.0 Å². The van der Waals surface area contributed by atoms with Gasteiger partial charge in [0.05, 0.1) is 25.7 Å². The predicted octanol–water partition coefficient (Wildman–Crippen LogP) is 0.653. The maximum atomic E-state index is 12.2. The van der Waals surface area contributed by atoms with Crippen molar-refractivity contribution < 1.29 is 14.3 Å². The lowest BCUT2D eigenvalue weighted by Gasteiger charge is -2.17. The Labute approximate surface area is 112 Å². The fourth-order valence-electron chi connectivity index (χ4n) is 2.06. The van der Waals surface area contributed by atoms with E-state index in [1.54, 1.807) is 18.3 Å². The van der Waals surface area contributed by atoms with Crippen molar-refractivity contribution in [1.82, 2.24) is 10.3 Å². The molecular formula is C13H19N3O3. The van der Waals surface area contributed by atoms with Crippen LogP contribution in [0.25, 0.3) is 0 Å².